The third-order valence-corrected chi connectivity index (χ3v) is 5.71. The van der Waals surface area contributed by atoms with E-state index in [2.05, 4.69) is 69.2 Å². The van der Waals surface area contributed by atoms with Crippen molar-refractivity contribution in [2.45, 2.75) is 13.8 Å². The van der Waals surface area contributed by atoms with Crippen LogP contribution in [0.5, 0.6) is 11.5 Å². The summed E-state index contributed by atoms with van der Waals surface area (Å²) in [6.07, 6.45) is 3.42. The molecule has 0 bridgehead atoms. The van der Waals surface area contributed by atoms with Gasteiger partial charge in [-0.2, -0.15) is 0 Å². The minimum atomic E-state index is 0.696. The van der Waals surface area contributed by atoms with Crippen molar-refractivity contribution in [3.05, 3.63) is 66.1 Å². The summed E-state index contributed by atoms with van der Waals surface area (Å²) >= 11 is 0. The zero-order valence-electron chi connectivity index (χ0n) is 18.4. The summed E-state index contributed by atoms with van der Waals surface area (Å²) in [6.45, 7) is 4.29. The Morgan fingerprint density at radius 2 is 1.60 bits per heavy atom. The van der Waals surface area contributed by atoms with Crippen LogP contribution in [0.25, 0.3) is 33.0 Å². The maximum atomic E-state index is 5.76. The lowest BCUT2D eigenvalue weighted by molar-refractivity contribution is 0.357. The van der Waals surface area contributed by atoms with Gasteiger partial charge in [0.15, 0.2) is 11.5 Å². The van der Waals surface area contributed by atoms with Gasteiger partial charge < -0.3 is 18.8 Å². The maximum absolute atomic E-state index is 5.76. The number of hydrogen-bond acceptors (Lipinski definition) is 4. The molecule has 0 fully saturated rings. The lowest BCUT2D eigenvalue weighted by Gasteiger charge is -2.23. The van der Waals surface area contributed by atoms with Crippen LogP contribution in [0, 0.1) is 13.8 Å². The number of hydrogen-bond donors (Lipinski definition) is 0. The Kier molecular flexibility index (Phi) is 5.17. The Balaban J connectivity index is 2.12. The SMILES string of the molecule is COc1cc2c(N(C)C)c(-c3ccc(C)c(C)c3)ccc2c(-c2ccoc2)c1OC. The van der Waals surface area contributed by atoms with E-state index in [4.69, 9.17) is 13.9 Å². The first-order valence-electron chi connectivity index (χ1n) is 9.95. The molecule has 4 heteroatoms. The van der Waals surface area contributed by atoms with E-state index >= 15 is 0 Å². The summed E-state index contributed by atoms with van der Waals surface area (Å²) in [6, 6.07) is 15.0. The molecular weight excluding hydrogens is 374 g/mol. The predicted octanol–water partition coefficient (Wildman–Crippen LogP) is 6.47. The Morgan fingerprint density at radius 1 is 0.800 bits per heavy atom. The molecule has 1 heterocycles. The van der Waals surface area contributed by atoms with Crippen molar-refractivity contribution in [3.8, 4) is 33.8 Å². The van der Waals surface area contributed by atoms with Crippen LogP contribution in [-0.4, -0.2) is 28.3 Å². The fraction of sp³-hybridized carbons (Fsp3) is 0.231. The van der Waals surface area contributed by atoms with E-state index in [0.29, 0.717) is 11.5 Å². The van der Waals surface area contributed by atoms with E-state index in [0.717, 1.165) is 27.6 Å². The highest BCUT2D eigenvalue weighted by Gasteiger charge is 2.21. The van der Waals surface area contributed by atoms with Gasteiger partial charge in [-0.05, 0) is 48.1 Å². The summed E-state index contributed by atoms with van der Waals surface area (Å²) in [5.74, 6) is 1.40. The topological polar surface area (TPSA) is 34.8 Å². The van der Waals surface area contributed by atoms with E-state index in [1.807, 2.05) is 6.07 Å². The number of nitrogens with zero attached hydrogens (tertiary/aromatic N) is 1. The molecule has 1 aromatic heterocycles. The van der Waals surface area contributed by atoms with E-state index in [1.54, 1.807) is 26.7 Å². The van der Waals surface area contributed by atoms with Crippen molar-refractivity contribution < 1.29 is 13.9 Å². The highest BCUT2D eigenvalue weighted by Crippen LogP contribution is 2.48. The van der Waals surface area contributed by atoms with Crippen LogP contribution >= 0.6 is 0 Å². The number of aryl methyl sites for hydroxylation is 2. The molecule has 0 saturated heterocycles. The first-order valence-corrected chi connectivity index (χ1v) is 9.95. The quantitative estimate of drug-likeness (QED) is 0.384. The number of benzene rings is 3. The largest absolute Gasteiger partial charge is 0.493 e. The van der Waals surface area contributed by atoms with Crippen LogP contribution in [0.4, 0.5) is 5.69 Å². The fourth-order valence-corrected chi connectivity index (χ4v) is 4.09. The summed E-state index contributed by atoms with van der Waals surface area (Å²) < 4.78 is 16.9. The lowest BCUT2D eigenvalue weighted by atomic mass is 9.91. The smallest absolute Gasteiger partial charge is 0.169 e. The van der Waals surface area contributed by atoms with Crippen molar-refractivity contribution in [1.82, 2.24) is 0 Å². The molecule has 30 heavy (non-hydrogen) atoms. The van der Waals surface area contributed by atoms with Gasteiger partial charge in [0.05, 0.1) is 32.4 Å². The average molecular weight is 402 g/mol. The second-order valence-electron chi connectivity index (χ2n) is 7.75. The molecule has 0 aliphatic rings. The molecule has 4 nitrogen and oxygen atoms in total. The minimum absolute atomic E-state index is 0.696. The molecule has 0 N–H and O–H groups in total. The van der Waals surface area contributed by atoms with Gasteiger partial charge in [0.25, 0.3) is 0 Å². The van der Waals surface area contributed by atoms with Gasteiger partial charge in [0, 0.05) is 36.2 Å². The second-order valence-corrected chi connectivity index (χ2v) is 7.75. The van der Waals surface area contributed by atoms with Crippen molar-refractivity contribution in [2.75, 3.05) is 33.2 Å². The maximum Gasteiger partial charge on any atom is 0.169 e. The zero-order chi connectivity index (χ0) is 21.4. The molecule has 0 aliphatic heterocycles. The number of fused-ring (bicyclic) bond motifs is 1. The molecular formula is C26H27NO3. The van der Waals surface area contributed by atoms with Gasteiger partial charge in [-0.25, -0.2) is 0 Å². The molecule has 0 aliphatic carbocycles. The van der Waals surface area contributed by atoms with Crippen LogP contribution in [0.1, 0.15) is 11.1 Å². The molecule has 0 spiro atoms. The zero-order valence-corrected chi connectivity index (χ0v) is 18.4. The second kappa shape index (κ2) is 7.79. The van der Waals surface area contributed by atoms with Crippen LogP contribution < -0.4 is 14.4 Å². The van der Waals surface area contributed by atoms with Gasteiger partial charge in [0.1, 0.15) is 0 Å². The van der Waals surface area contributed by atoms with Crippen molar-refractivity contribution >= 4 is 16.5 Å². The third kappa shape index (κ3) is 3.18. The summed E-state index contributed by atoms with van der Waals surface area (Å²) in [5.41, 5.74) is 8.02. The minimum Gasteiger partial charge on any atom is -0.493 e. The van der Waals surface area contributed by atoms with Gasteiger partial charge >= 0.3 is 0 Å². The highest BCUT2D eigenvalue weighted by atomic mass is 16.5. The van der Waals surface area contributed by atoms with E-state index < -0.39 is 0 Å². The van der Waals surface area contributed by atoms with Gasteiger partial charge in [-0.3, -0.25) is 0 Å². The summed E-state index contributed by atoms with van der Waals surface area (Å²) in [7, 11) is 7.50. The van der Waals surface area contributed by atoms with Crippen molar-refractivity contribution in [1.29, 1.82) is 0 Å². The Hall–Kier alpha value is -3.40. The van der Waals surface area contributed by atoms with Crippen molar-refractivity contribution in [3.63, 3.8) is 0 Å². The molecule has 4 rings (SSSR count). The van der Waals surface area contributed by atoms with Crippen LogP contribution in [-0.2, 0) is 0 Å². The first-order chi connectivity index (χ1) is 14.5. The number of furan rings is 1. The van der Waals surface area contributed by atoms with Gasteiger partial charge in [0.2, 0.25) is 0 Å². The van der Waals surface area contributed by atoms with Gasteiger partial charge in [-0.15, -0.1) is 0 Å². The number of ether oxygens (including phenoxy) is 2. The Morgan fingerprint density at radius 3 is 2.20 bits per heavy atom. The third-order valence-electron chi connectivity index (χ3n) is 5.71. The van der Waals surface area contributed by atoms with Gasteiger partial charge in [-0.1, -0.05) is 30.3 Å². The predicted molar refractivity (Wildman–Crippen MR) is 124 cm³/mol. The molecule has 154 valence electrons. The Labute approximate surface area is 177 Å². The number of methoxy groups -OCH3 is 2. The number of anilines is 1. The molecule has 0 atom stereocenters. The lowest BCUT2D eigenvalue weighted by Crippen LogP contribution is -2.11. The van der Waals surface area contributed by atoms with Crippen molar-refractivity contribution in [2.24, 2.45) is 0 Å². The average Bonchev–Trinajstić information content (AvgIpc) is 3.27. The van der Waals surface area contributed by atoms with Crippen LogP contribution in [0.3, 0.4) is 0 Å². The van der Waals surface area contributed by atoms with E-state index in [-0.39, 0.29) is 0 Å². The standard InChI is InChI=1S/C26H27NO3/c1-16-7-8-18(13-17(16)2)20-9-10-21-22(25(20)27(3)4)14-23(28-5)26(29-6)24(21)19-11-12-30-15-19/h7-15H,1-6H3. The first kappa shape index (κ1) is 19.9. The normalized spacial score (nSPS) is 11.0. The molecule has 0 radical (unpaired) electrons. The van der Waals surface area contributed by atoms with Crippen LogP contribution in [0.2, 0.25) is 0 Å². The summed E-state index contributed by atoms with van der Waals surface area (Å²) in [5, 5.41) is 2.19. The molecule has 3 aromatic carbocycles. The number of rotatable bonds is 5. The summed E-state index contributed by atoms with van der Waals surface area (Å²) in [4.78, 5) is 2.16. The highest BCUT2D eigenvalue weighted by molar-refractivity contribution is 6.10. The molecule has 0 amide bonds. The molecule has 0 saturated carbocycles. The Bertz CT molecular complexity index is 1210. The molecule has 4 aromatic rings. The molecule has 0 unspecified atom stereocenters. The van der Waals surface area contributed by atoms with E-state index in [1.165, 1.54) is 22.3 Å². The van der Waals surface area contributed by atoms with E-state index in [9.17, 15) is 0 Å². The van der Waals surface area contributed by atoms with Crippen LogP contribution in [0.15, 0.2) is 59.4 Å². The fourth-order valence-electron chi connectivity index (χ4n) is 4.09. The monoisotopic (exact) mass is 401 g/mol.